The molecule has 0 radical (unpaired) electrons. The average Bonchev–Trinajstić information content (AvgIpc) is 3.21. The molecule has 34 heavy (non-hydrogen) atoms. The van der Waals surface area contributed by atoms with Crippen molar-refractivity contribution in [2.75, 3.05) is 20.5 Å². The van der Waals surface area contributed by atoms with E-state index >= 15 is 0 Å². The van der Waals surface area contributed by atoms with Crippen molar-refractivity contribution in [1.29, 1.82) is 5.26 Å². The Morgan fingerprint density at radius 2 is 1.94 bits per heavy atom. The average molecular weight is 489 g/mol. The fourth-order valence-corrected chi connectivity index (χ4v) is 5.71. The van der Waals surface area contributed by atoms with Crippen LogP contribution in [0.2, 0.25) is 0 Å². The van der Waals surface area contributed by atoms with Gasteiger partial charge in [0.15, 0.2) is 0 Å². The SMILES string of the molecule is COc1ccc2c(C#N)c(-c3ccc(S(=O)(=O)NC(CF)CF)cn3)n(C3CCCCC3)c2c1. The first-order chi connectivity index (χ1) is 16.4. The molecule has 1 aliphatic rings. The first kappa shape index (κ1) is 24.1. The molecule has 1 aliphatic carbocycles. The van der Waals surface area contributed by atoms with Crippen LogP contribution in [-0.4, -0.2) is 44.5 Å². The molecule has 1 saturated carbocycles. The number of fused-ring (bicyclic) bond motifs is 1. The zero-order valence-electron chi connectivity index (χ0n) is 18.8. The molecule has 0 spiro atoms. The van der Waals surface area contributed by atoms with Gasteiger partial charge in [-0.3, -0.25) is 4.98 Å². The van der Waals surface area contributed by atoms with Crippen molar-refractivity contribution in [3.63, 3.8) is 0 Å². The number of ether oxygens (including phenoxy) is 1. The minimum atomic E-state index is -4.14. The second kappa shape index (κ2) is 10.1. The molecule has 0 amide bonds. The van der Waals surface area contributed by atoms with Gasteiger partial charge < -0.3 is 9.30 Å². The number of aromatic nitrogens is 2. The quantitative estimate of drug-likeness (QED) is 0.497. The fourth-order valence-electron chi connectivity index (χ4n) is 4.57. The molecular weight excluding hydrogens is 462 g/mol. The highest BCUT2D eigenvalue weighted by Gasteiger charge is 2.27. The Kier molecular flexibility index (Phi) is 7.14. The zero-order valence-corrected chi connectivity index (χ0v) is 19.6. The number of benzene rings is 1. The van der Waals surface area contributed by atoms with Gasteiger partial charge in [-0.25, -0.2) is 21.9 Å². The van der Waals surface area contributed by atoms with Crippen LogP contribution in [0.5, 0.6) is 5.75 Å². The number of nitriles is 1. The van der Waals surface area contributed by atoms with Crippen LogP contribution in [0.15, 0.2) is 41.4 Å². The van der Waals surface area contributed by atoms with E-state index in [1.807, 2.05) is 16.9 Å². The van der Waals surface area contributed by atoms with Crippen LogP contribution < -0.4 is 9.46 Å². The smallest absolute Gasteiger partial charge is 0.242 e. The molecule has 1 fully saturated rings. The number of rotatable bonds is 8. The molecule has 0 atom stereocenters. The molecule has 180 valence electrons. The van der Waals surface area contributed by atoms with Gasteiger partial charge >= 0.3 is 0 Å². The third-order valence-electron chi connectivity index (χ3n) is 6.25. The lowest BCUT2D eigenvalue weighted by Gasteiger charge is -2.26. The number of nitrogens with zero attached hydrogens (tertiary/aromatic N) is 3. The van der Waals surface area contributed by atoms with E-state index < -0.39 is 29.4 Å². The third kappa shape index (κ3) is 4.50. The maximum atomic E-state index is 12.8. The van der Waals surface area contributed by atoms with Crippen molar-refractivity contribution in [2.45, 2.75) is 49.1 Å². The highest BCUT2D eigenvalue weighted by molar-refractivity contribution is 7.89. The monoisotopic (exact) mass is 488 g/mol. The van der Waals surface area contributed by atoms with E-state index in [0.29, 0.717) is 22.7 Å². The molecule has 1 aromatic carbocycles. The molecular formula is C24H26F2N4O3S. The molecule has 1 N–H and O–H groups in total. The molecule has 0 saturated heterocycles. The van der Waals surface area contributed by atoms with Crippen molar-refractivity contribution in [1.82, 2.24) is 14.3 Å². The predicted octanol–water partition coefficient (Wildman–Crippen LogP) is 4.67. The van der Waals surface area contributed by atoms with Crippen molar-refractivity contribution in [3.05, 3.63) is 42.1 Å². The standard InChI is InChI=1S/C24H26F2N4O3S/c1-33-18-7-9-20-21(14-27)24(30(23(20)11-18)17-5-3-2-4-6-17)22-10-8-19(15-28-22)34(31,32)29-16(12-25)13-26/h7-11,15-17,29H,2-6,12-13H2,1H3. The van der Waals surface area contributed by atoms with Crippen LogP contribution in [0.4, 0.5) is 8.78 Å². The van der Waals surface area contributed by atoms with Gasteiger partial charge in [-0.15, -0.1) is 0 Å². The Morgan fingerprint density at radius 1 is 1.21 bits per heavy atom. The summed E-state index contributed by atoms with van der Waals surface area (Å²) in [6, 6.07) is 9.46. The number of methoxy groups -OCH3 is 1. The molecule has 2 heterocycles. The number of sulfonamides is 1. The summed E-state index contributed by atoms with van der Waals surface area (Å²) in [7, 11) is -2.55. The van der Waals surface area contributed by atoms with Gasteiger partial charge in [0.2, 0.25) is 10.0 Å². The summed E-state index contributed by atoms with van der Waals surface area (Å²) in [6.07, 6.45) is 6.39. The molecule has 0 bridgehead atoms. The van der Waals surface area contributed by atoms with Gasteiger partial charge in [0.1, 0.15) is 30.1 Å². The van der Waals surface area contributed by atoms with Crippen LogP contribution in [0.1, 0.15) is 43.7 Å². The summed E-state index contributed by atoms with van der Waals surface area (Å²) in [6.45, 7) is -2.31. The highest BCUT2D eigenvalue weighted by Crippen LogP contribution is 2.41. The van der Waals surface area contributed by atoms with Crippen molar-refractivity contribution in [2.24, 2.45) is 0 Å². The number of hydrogen-bond acceptors (Lipinski definition) is 5. The topological polar surface area (TPSA) is 97.0 Å². The second-order valence-electron chi connectivity index (χ2n) is 8.39. The summed E-state index contributed by atoms with van der Waals surface area (Å²) < 4.78 is 60.2. The molecule has 7 nitrogen and oxygen atoms in total. The summed E-state index contributed by atoms with van der Waals surface area (Å²) >= 11 is 0. The minimum Gasteiger partial charge on any atom is -0.497 e. The van der Waals surface area contributed by atoms with Crippen LogP contribution in [-0.2, 0) is 10.0 Å². The van der Waals surface area contributed by atoms with E-state index in [0.717, 1.165) is 49.2 Å². The number of nitrogens with one attached hydrogen (secondary N) is 1. The molecule has 2 aromatic heterocycles. The van der Waals surface area contributed by atoms with Crippen molar-refractivity contribution in [3.8, 4) is 23.2 Å². The van der Waals surface area contributed by atoms with Crippen molar-refractivity contribution >= 4 is 20.9 Å². The summed E-state index contributed by atoms with van der Waals surface area (Å²) in [4.78, 5) is 4.16. The number of alkyl halides is 2. The second-order valence-corrected chi connectivity index (χ2v) is 10.1. The largest absolute Gasteiger partial charge is 0.497 e. The van der Waals surface area contributed by atoms with Crippen molar-refractivity contribution < 1.29 is 21.9 Å². The van der Waals surface area contributed by atoms with Crippen LogP contribution >= 0.6 is 0 Å². The summed E-state index contributed by atoms with van der Waals surface area (Å²) in [5.41, 5.74) is 2.40. The van der Waals surface area contributed by atoms with Gasteiger partial charge in [-0.05, 0) is 37.1 Å². The van der Waals surface area contributed by atoms with E-state index in [4.69, 9.17) is 4.74 Å². The van der Waals surface area contributed by atoms with E-state index in [2.05, 4.69) is 15.6 Å². The Hall–Kier alpha value is -3.03. The lowest BCUT2D eigenvalue weighted by molar-refractivity contribution is 0.334. The lowest BCUT2D eigenvalue weighted by atomic mass is 9.95. The fraction of sp³-hybridized carbons (Fsp3) is 0.417. The molecule has 4 rings (SSSR count). The lowest BCUT2D eigenvalue weighted by Crippen LogP contribution is -2.37. The minimum absolute atomic E-state index is 0.169. The molecule has 0 unspecified atom stereocenters. The Labute approximate surface area is 197 Å². The first-order valence-corrected chi connectivity index (χ1v) is 12.6. The molecule has 0 aliphatic heterocycles. The van der Waals surface area contributed by atoms with E-state index in [1.54, 1.807) is 13.2 Å². The zero-order chi connectivity index (χ0) is 24.3. The van der Waals surface area contributed by atoms with E-state index in [-0.39, 0.29) is 10.9 Å². The van der Waals surface area contributed by atoms with Gasteiger partial charge in [-0.2, -0.15) is 5.26 Å². The van der Waals surface area contributed by atoms with Crippen LogP contribution in [0.25, 0.3) is 22.3 Å². The normalized spacial score (nSPS) is 15.0. The Bertz CT molecular complexity index is 1310. The molecule has 3 aromatic rings. The number of halogens is 2. The maximum Gasteiger partial charge on any atom is 0.242 e. The summed E-state index contributed by atoms with van der Waals surface area (Å²) in [5, 5.41) is 10.8. The predicted molar refractivity (Wildman–Crippen MR) is 125 cm³/mol. The third-order valence-corrected chi connectivity index (χ3v) is 7.75. The summed E-state index contributed by atoms with van der Waals surface area (Å²) in [5.74, 6) is 0.675. The van der Waals surface area contributed by atoms with Gasteiger partial charge in [-0.1, -0.05) is 19.3 Å². The van der Waals surface area contributed by atoms with Crippen LogP contribution in [0.3, 0.4) is 0 Å². The van der Waals surface area contributed by atoms with Crippen LogP contribution in [0, 0.1) is 11.3 Å². The maximum absolute atomic E-state index is 12.8. The van der Waals surface area contributed by atoms with Gasteiger partial charge in [0.25, 0.3) is 0 Å². The highest BCUT2D eigenvalue weighted by atomic mass is 32.2. The first-order valence-electron chi connectivity index (χ1n) is 11.2. The number of pyridine rings is 1. The van der Waals surface area contributed by atoms with E-state index in [1.165, 1.54) is 12.1 Å². The number of hydrogen-bond donors (Lipinski definition) is 1. The Balaban J connectivity index is 1.84. The van der Waals surface area contributed by atoms with E-state index in [9.17, 15) is 22.5 Å². The van der Waals surface area contributed by atoms with Gasteiger partial charge in [0, 0.05) is 23.7 Å². The molecule has 10 heteroatoms. The van der Waals surface area contributed by atoms with Gasteiger partial charge in [0.05, 0.1) is 35.6 Å². The Morgan fingerprint density at radius 3 is 2.53 bits per heavy atom.